The van der Waals surface area contributed by atoms with Gasteiger partial charge in [-0.3, -0.25) is 0 Å². The molecule has 0 N–H and O–H groups in total. The molecule has 0 saturated heterocycles. The van der Waals surface area contributed by atoms with Crippen LogP contribution in [0.4, 0.5) is 0 Å². The number of ether oxygens (including phenoxy) is 4. The third-order valence-electron chi connectivity index (χ3n) is 10.4. The second kappa shape index (κ2) is 24.2. The Morgan fingerprint density at radius 1 is 0.345 bits per heavy atom. The van der Waals surface area contributed by atoms with Gasteiger partial charge >= 0.3 is 0 Å². The zero-order valence-corrected chi connectivity index (χ0v) is 37.7. The molecule has 0 bridgehead atoms. The molecule has 0 unspecified atom stereocenters. The van der Waals surface area contributed by atoms with Crippen molar-refractivity contribution in [2.24, 2.45) is 0 Å². The molecular formula is C48H70O5Si2. The fourth-order valence-electron chi connectivity index (χ4n) is 7.04. The monoisotopic (exact) mass is 782 g/mol. The van der Waals surface area contributed by atoms with Gasteiger partial charge in [-0.05, 0) is 143 Å². The summed E-state index contributed by atoms with van der Waals surface area (Å²) in [6, 6.07) is 27.1. The third kappa shape index (κ3) is 12.7. The van der Waals surface area contributed by atoms with Crippen LogP contribution >= 0.6 is 0 Å². The van der Waals surface area contributed by atoms with E-state index < -0.39 is 18.1 Å². The first kappa shape index (κ1) is 44.2. The van der Waals surface area contributed by atoms with Gasteiger partial charge in [-0.15, -0.1) is 0 Å². The van der Waals surface area contributed by atoms with Crippen molar-refractivity contribution in [3.05, 3.63) is 95.1 Å². The van der Waals surface area contributed by atoms with E-state index in [2.05, 4.69) is 128 Å². The fraction of sp³-hybridized carbons (Fsp3) is 0.500. The first-order valence-electron chi connectivity index (χ1n) is 21.6. The minimum Gasteiger partial charge on any atom is -0.494 e. The zero-order valence-electron chi connectivity index (χ0n) is 35.4. The van der Waals surface area contributed by atoms with Crippen LogP contribution in [-0.2, 0) is 29.8 Å². The highest BCUT2D eigenvalue weighted by molar-refractivity contribution is 6.92. The largest absolute Gasteiger partial charge is 0.494 e. The summed E-state index contributed by atoms with van der Waals surface area (Å²) in [6.07, 6.45) is 12.3. The van der Waals surface area contributed by atoms with Crippen LogP contribution in [0, 0.1) is 0 Å². The van der Waals surface area contributed by atoms with Crippen molar-refractivity contribution in [2.75, 3.05) is 26.4 Å². The fourth-order valence-corrected chi connectivity index (χ4v) is 14.7. The summed E-state index contributed by atoms with van der Waals surface area (Å²) in [5, 5.41) is 5.36. The lowest BCUT2D eigenvalue weighted by atomic mass is 10.1. The Labute approximate surface area is 337 Å². The second-order valence-corrected chi connectivity index (χ2v) is 19.7. The van der Waals surface area contributed by atoms with Gasteiger partial charge in [0.25, 0.3) is 0 Å². The Balaban J connectivity index is 1.93. The van der Waals surface area contributed by atoms with E-state index in [0.717, 1.165) is 126 Å². The average molecular weight is 783 g/mol. The van der Waals surface area contributed by atoms with E-state index in [1.807, 2.05) is 0 Å². The summed E-state index contributed by atoms with van der Waals surface area (Å²) >= 11 is 0. The average Bonchev–Trinajstić information content (AvgIpc) is 3.22. The van der Waals surface area contributed by atoms with Gasteiger partial charge in [0.2, 0.25) is 18.1 Å². The van der Waals surface area contributed by atoms with E-state index in [1.165, 1.54) is 43.0 Å². The maximum absolute atomic E-state index is 8.03. The van der Waals surface area contributed by atoms with Crippen molar-refractivity contribution in [3.8, 4) is 23.0 Å². The Bertz CT molecular complexity index is 1480. The van der Waals surface area contributed by atoms with Crippen molar-refractivity contribution in [1.82, 2.24) is 0 Å². The number of rotatable bonds is 26. The first-order valence-corrected chi connectivity index (χ1v) is 24.9. The van der Waals surface area contributed by atoms with Gasteiger partial charge in [0, 0.05) is 0 Å². The van der Waals surface area contributed by atoms with Crippen LogP contribution in [0.2, 0.25) is 0 Å². The molecule has 300 valence electrons. The molecule has 0 radical (unpaired) electrons. The standard InChI is InChI=1S/C48H70O5Si2/c1-9-17-29-49-41-21-25-45(37(13-5)33-41)54(46-26-22-42(34-38(46)14-6)50-30-18-10-2)53-55(47-27-23-43(35-39(47)15-7)51-31-19-11-3)48-28-24-44(36-40(48)16-8)52-32-20-12-4/h21-28,33-36,54-55H,9-20,29-32H2,1-8H3. The van der Waals surface area contributed by atoms with Crippen molar-refractivity contribution < 1.29 is 23.1 Å². The van der Waals surface area contributed by atoms with Gasteiger partial charge in [0.15, 0.2) is 0 Å². The van der Waals surface area contributed by atoms with Crippen LogP contribution < -0.4 is 39.7 Å². The lowest BCUT2D eigenvalue weighted by Gasteiger charge is -2.30. The van der Waals surface area contributed by atoms with E-state index in [-0.39, 0.29) is 0 Å². The highest BCUT2D eigenvalue weighted by Gasteiger charge is 2.32. The molecule has 0 fully saturated rings. The van der Waals surface area contributed by atoms with Crippen molar-refractivity contribution in [3.63, 3.8) is 0 Å². The molecular weight excluding hydrogens is 713 g/mol. The molecule has 0 aliphatic carbocycles. The molecule has 0 aliphatic rings. The molecule has 4 aromatic carbocycles. The Hall–Kier alpha value is -3.53. The maximum atomic E-state index is 8.03. The summed E-state index contributed by atoms with van der Waals surface area (Å²) < 4.78 is 33.0. The minimum atomic E-state index is -2.31. The molecule has 0 atom stereocenters. The highest BCUT2D eigenvalue weighted by atomic mass is 28.4. The van der Waals surface area contributed by atoms with Crippen molar-refractivity contribution in [1.29, 1.82) is 0 Å². The number of hydrogen-bond donors (Lipinski definition) is 0. The minimum absolute atomic E-state index is 0.737. The SMILES string of the molecule is CCCCOc1ccc([SiH](O[SiH](c2ccc(OCCCC)cc2CC)c2ccc(OCCCC)cc2CC)c2ccc(OCCCC)cc2CC)c(CC)c1. The smallest absolute Gasteiger partial charge is 0.229 e. The predicted molar refractivity (Wildman–Crippen MR) is 239 cm³/mol. The summed E-state index contributed by atoms with van der Waals surface area (Å²) in [7, 11) is -4.63. The number of aryl methyl sites for hydroxylation is 4. The van der Waals surface area contributed by atoms with Crippen molar-refractivity contribution >= 4 is 38.8 Å². The van der Waals surface area contributed by atoms with Gasteiger partial charge < -0.3 is 23.1 Å². The van der Waals surface area contributed by atoms with Gasteiger partial charge in [0.1, 0.15) is 23.0 Å². The predicted octanol–water partition coefficient (Wildman–Crippen LogP) is 9.04. The summed E-state index contributed by atoms with van der Waals surface area (Å²) in [5.74, 6) is 3.80. The van der Waals surface area contributed by atoms with E-state index in [4.69, 9.17) is 23.1 Å². The Kier molecular flexibility index (Phi) is 19.4. The lowest BCUT2D eigenvalue weighted by molar-refractivity contribution is 0.309. The van der Waals surface area contributed by atoms with Crippen LogP contribution in [0.1, 0.15) is 129 Å². The van der Waals surface area contributed by atoms with Gasteiger partial charge in [-0.1, -0.05) is 105 Å². The molecule has 55 heavy (non-hydrogen) atoms. The zero-order chi connectivity index (χ0) is 39.4. The van der Waals surface area contributed by atoms with E-state index >= 15 is 0 Å². The third-order valence-corrected chi connectivity index (χ3v) is 17.1. The summed E-state index contributed by atoms with van der Waals surface area (Å²) in [6.45, 7) is 20.8. The van der Waals surface area contributed by atoms with Gasteiger partial charge in [-0.25, -0.2) is 0 Å². The van der Waals surface area contributed by atoms with E-state index in [9.17, 15) is 0 Å². The number of unbranched alkanes of at least 4 members (excludes halogenated alkanes) is 4. The number of hydrogen-bond acceptors (Lipinski definition) is 5. The quantitative estimate of drug-likeness (QED) is 0.0470. The number of benzene rings is 4. The molecule has 0 aromatic heterocycles. The summed E-state index contributed by atoms with van der Waals surface area (Å²) in [4.78, 5) is 0. The lowest BCUT2D eigenvalue weighted by Crippen LogP contribution is -2.58. The molecule has 0 aliphatic heterocycles. The van der Waals surface area contributed by atoms with E-state index in [1.54, 1.807) is 0 Å². The molecule has 0 spiro atoms. The maximum Gasteiger partial charge on any atom is 0.229 e. The van der Waals surface area contributed by atoms with Gasteiger partial charge in [-0.2, -0.15) is 0 Å². The molecule has 0 saturated carbocycles. The molecule has 0 amide bonds. The van der Waals surface area contributed by atoms with Crippen LogP contribution in [-0.4, -0.2) is 44.5 Å². The Morgan fingerprint density at radius 3 is 0.782 bits per heavy atom. The van der Waals surface area contributed by atoms with Crippen LogP contribution in [0.3, 0.4) is 0 Å². The first-order chi connectivity index (χ1) is 26.9. The van der Waals surface area contributed by atoms with Crippen molar-refractivity contribution in [2.45, 2.75) is 132 Å². The highest BCUT2D eigenvalue weighted by Crippen LogP contribution is 2.21. The van der Waals surface area contributed by atoms with Crippen LogP contribution in [0.25, 0.3) is 0 Å². The van der Waals surface area contributed by atoms with Crippen LogP contribution in [0.15, 0.2) is 72.8 Å². The Morgan fingerprint density at radius 2 is 0.582 bits per heavy atom. The normalized spacial score (nSPS) is 11.4. The van der Waals surface area contributed by atoms with Crippen LogP contribution in [0.5, 0.6) is 23.0 Å². The molecule has 0 heterocycles. The second-order valence-electron chi connectivity index (χ2n) is 14.6. The molecule has 7 heteroatoms. The molecule has 5 nitrogen and oxygen atoms in total. The topological polar surface area (TPSA) is 46.2 Å². The van der Waals surface area contributed by atoms with E-state index in [0.29, 0.717) is 0 Å². The molecule has 4 rings (SSSR count). The summed E-state index contributed by atoms with van der Waals surface area (Å²) in [5.41, 5.74) is 5.26. The molecule has 4 aromatic rings. The van der Waals surface area contributed by atoms with Gasteiger partial charge in [0.05, 0.1) is 26.4 Å².